The van der Waals surface area contributed by atoms with E-state index in [1.54, 1.807) is 12.1 Å². The molecule has 0 N–H and O–H groups in total. The number of ketones is 1. The topological polar surface area (TPSA) is 30.0 Å². The summed E-state index contributed by atoms with van der Waals surface area (Å²) in [6.45, 7) is 7.44. The summed E-state index contributed by atoms with van der Waals surface area (Å²) in [5.41, 5.74) is 0.908. The molecule has 0 amide bonds. The SMILES string of the molecule is Cc1ccc(C(=O)C(C)(C)C)c(Cl)n1. The molecule has 3 heteroatoms. The highest BCUT2D eigenvalue weighted by Crippen LogP contribution is 2.24. The van der Waals surface area contributed by atoms with E-state index in [1.807, 2.05) is 27.7 Å². The van der Waals surface area contributed by atoms with E-state index in [4.69, 9.17) is 11.6 Å². The Morgan fingerprint density at radius 3 is 2.36 bits per heavy atom. The van der Waals surface area contributed by atoms with Crippen LogP contribution in [0.4, 0.5) is 0 Å². The van der Waals surface area contributed by atoms with E-state index < -0.39 is 5.41 Å². The maximum Gasteiger partial charge on any atom is 0.171 e. The van der Waals surface area contributed by atoms with Gasteiger partial charge in [0.1, 0.15) is 5.15 Å². The van der Waals surface area contributed by atoms with Crippen LogP contribution in [0.25, 0.3) is 0 Å². The number of hydrogen-bond acceptors (Lipinski definition) is 2. The lowest BCUT2D eigenvalue weighted by Crippen LogP contribution is -2.20. The number of aryl methyl sites for hydroxylation is 1. The Kier molecular flexibility index (Phi) is 2.95. The highest BCUT2D eigenvalue weighted by molar-refractivity contribution is 6.33. The number of carbonyl (C=O) groups excluding carboxylic acids is 1. The van der Waals surface area contributed by atoms with Crippen molar-refractivity contribution in [2.75, 3.05) is 0 Å². The molecule has 0 aliphatic heterocycles. The zero-order valence-electron chi connectivity index (χ0n) is 8.89. The van der Waals surface area contributed by atoms with Gasteiger partial charge < -0.3 is 0 Å². The molecule has 1 aromatic rings. The lowest BCUT2D eigenvalue weighted by atomic mass is 9.87. The van der Waals surface area contributed by atoms with Crippen molar-refractivity contribution in [3.05, 3.63) is 28.5 Å². The Morgan fingerprint density at radius 1 is 1.36 bits per heavy atom. The van der Waals surface area contributed by atoms with Gasteiger partial charge in [-0.1, -0.05) is 32.4 Å². The molecule has 0 bridgehead atoms. The molecule has 0 aromatic carbocycles. The Labute approximate surface area is 89.3 Å². The molecule has 0 fully saturated rings. The number of rotatable bonds is 1. The van der Waals surface area contributed by atoms with E-state index in [1.165, 1.54) is 0 Å². The molecule has 0 aliphatic rings. The van der Waals surface area contributed by atoms with Gasteiger partial charge in [-0.25, -0.2) is 4.98 Å². The fraction of sp³-hybridized carbons (Fsp3) is 0.455. The van der Waals surface area contributed by atoms with Crippen LogP contribution in [0, 0.1) is 12.3 Å². The van der Waals surface area contributed by atoms with Crippen LogP contribution >= 0.6 is 11.6 Å². The molecule has 2 nitrogen and oxygen atoms in total. The van der Waals surface area contributed by atoms with E-state index in [9.17, 15) is 4.79 Å². The Hall–Kier alpha value is -0.890. The van der Waals surface area contributed by atoms with Crippen LogP contribution in [0.2, 0.25) is 5.15 Å². The van der Waals surface area contributed by atoms with Crippen molar-refractivity contribution in [2.24, 2.45) is 5.41 Å². The fourth-order valence-electron chi connectivity index (χ4n) is 1.10. The first-order chi connectivity index (χ1) is 6.32. The Balaban J connectivity index is 3.15. The third-order valence-electron chi connectivity index (χ3n) is 1.91. The van der Waals surface area contributed by atoms with Crippen molar-refractivity contribution in [1.82, 2.24) is 4.98 Å². The van der Waals surface area contributed by atoms with Crippen molar-refractivity contribution in [2.45, 2.75) is 27.7 Å². The van der Waals surface area contributed by atoms with Crippen LogP contribution in [-0.4, -0.2) is 10.8 Å². The van der Waals surface area contributed by atoms with E-state index >= 15 is 0 Å². The number of Topliss-reactive ketones (excluding diaryl/α,β-unsaturated/α-hetero) is 1. The second-order valence-corrected chi connectivity index (χ2v) is 4.73. The lowest BCUT2D eigenvalue weighted by Gasteiger charge is -2.17. The van der Waals surface area contributed by atoms with E-state index in [2.05, 4.69) is 4.98 Å². The summed E-state index contributed by atoms with van der Waals surface area (Å²) in [7, 11) is 0. The maximum absolute atomic E-state index is 11.9. The van der Waals surface area contributed by atoms with Gasteiger partial charge in [-0.15, -0.1) is 0 Å². The van der Waals surface area contributed by atoms with E-state index in [0.29, 0.717) is 10.7 Å². The van der Waals surface area contributed by atoms with Gasteiger partial charge in [-0.3, -0.25) is 4.79 Å². The highest BCUT2D eigenvalue weighted by Gasteiger charge is 2.25. The number of aromatic nitrogens is 1. The van der Waals surface area contributed by atoms with Crippen LogP contribution in [0.5, 0.6) is 0 Å². The summed E-state index contributed by atoms with van der Waals surface area (Å²) in [4.78, 5) is 15.9. The molecular weight excluding hydrogens is 198 g/mol. The summed E-state index contributed by atoms with van der Waals surface area (Å²) in [5, 5.41) is 0.296. The predicted octanol–water partition coefficient (Wildman–Crippen LogP) is 3.27. The van der Waals surface area contributed by atoms with Crippen LogP contribution in [-0.2, 0) is 0 Å². The summed E-state index contributed by atoms with van der Waals surface area (Å²) in [6, 6.07) is 3.53. The normalized spacial score (nSPS) is 11.5. The zero-order chi connectivity index (χ0) is 10.9. The van der Waals surface area contributed by atoms with Gasteiger partial charge >= 0.3 is 0 Å². The molecule has 1 rings (SSSR count). The van der Waals surface area contributed by atoms with Crippen molar-refractivity contribution in [3.8, 4) is 0 Å². The van der Waals surface area contributed by atoms with Gasteiger partial charge in [0.05, 0.1) is 5.56 Å². The maximum atomic E-state index is 11.9. The zero-order valence-corrected chi connectivity index (χ0v) is 9.64. The summed E-state index contributed by atoms with van der Waals surface area (Å²) in [6.07, 6.45) is 0. The molecule has 0 atom stereocenters. The van der Waals surface area contributed by atoms with Crippen molar-refractivity contribution in [3.63, 3.8) is 0 Å². The minimum Gasteiger partial charge on any atom is -0.293 e. The van der Waals surface area contributed by atoms with Gasteiger partial charge in [0.25, 0.3) is 0 Å². The number of hydrogen-bond donors (Lipinski definition) is 0. The van der Waals surface area contributed by atoms with Gasteiger partial charge in [0, 0.05) is 11.1 Å². The van der Waals surface area contributed by atoms with Crippen molar-refractivity contribution >= 4 is 17.4 Å². The van der Waals surface area contributed by atoms with Gasteiger partial charge in [0.2, 0.25) is 0 Å². The molecule has 0 spiro atoms. The summed E-state index contributed by atoms with van der Waals surface area (Å²) < 4.78 is 0. The van der Waals surface area contributed by atoms with Gasteiger partial charge in [-0.05, 0) is 19.1 Å². The smallest absolute Gasteiger partial charge is 0.171 e. The molecule has 0 unspecified atom stereocenters. The molecular formula is C11H14ClNO. The molecule has 0 saturated heterocycles. The number of nitrogens with zero attached hydrogens (tertiary/aromatic N) is 1. The quantitative estimate of drug-likeness (QED) is 0.527. The van der Waals surface area contributed by atoms with E-state index in [-0.39, 0.29) is 5.78 Å². The highest BCUT2D eigenvalue weighted by atomic mass is 35.5. The standard InChI is InChI=1S/C11H14ClNO/c1-7-5-6-8(10(12)13-7)9(14)11(2,3)4/h5-6H,1-4H3. The van der Waals surface area contributed by atoms with Gasteiger partial charge in [0.15, 0.2) is 5.78 Å². The average molecular weight is 212 g/mol. The molecule has 0 radical (unpaired) electrons. The van der Waals surface area contributed by atoms with Crippen molar-refractivity contribution < 1.29 is 4.79 Å². The summed E-state index contributed by atoms with van der Waals surface area (Å²) >= 11 is 5.90. The summed E-state index contributed by atoms with van der Waals surface area (Å²) in [5.74, 6) is 0.0231. The van der Waals surface area contributed by atoms with Crippen LogP contribution in [0.1, 0.15) is 36.8 Å². The monoisotopic (exact) mass is 211 g/mol. The molecule has 76 valence electrons. The van der Waals surface area contributed by atoms with Crippen LogP contribution in [0.3, 0.4) is 0 Å². The largest absolute Gasteiger partial charge is 0.293 e. The molecule has 14 heavy (non-hydrogen) atoms. The minimum absolute atomic E-state index is 0.0231. The minimum atomic E-state index is -0.416. The predicted molar refractivity (Wildman–Crippen MR) is 57.8 cm³/mol. The van der Waals surface area contributed by atoms with Crippen molar-refractivity contribution in [1.29, 1.82) is 0 Å². The van der Waals surface area contributed by atoms with Gasteiger partial charge in [-0.2, -0.15) is 0 Å². The molecule has 1 heterocycles. The first-order valence-electron chi connectivity index (χ1n) is 4.50. The number of pyridine rings is 1. The average Bonchev–Trinajstić information content (AvgIpc) is 2.01. The number of carbonyl (C=O) groups is 1. The van der Waals surface area contributed by atoms with E-state index in [0.717, 1.165) is 5.69 Å². The third-order valence-corrected chi connectivity index (χ3v) is 2.20. The molecule has 0 saturated carbocycles. The fourth-order valence-corrected chi connectivity index (χ4v) is 1.38. The first kappa shape index (κ1) is 11.2. The first-order valence-corrected chi connectivity index (χ1v) is 4.88. The second-order valence-electron chi connectivity index (χ2n) is 4.37. The second kappa shape index (κ2) is 3.70. The third kappa shape index (κ3) is 2.32. The molecule has 1 aromatic heterocycles. The Bertz CT molecular complexity index is 366. The number of halogens is 1. The Morgan fingerprint density at radius 2 is 1.93 bits per heavy atom. The lowest BCUT2D eigenvalue weighted by molar-refractivity contribution is 0.0858. The van der Waals surface area contributed by atoms with Crippen LogP contribution in [0.15, 0.2) is 12.1 Å². The van der Waals surface area contributed by atoms with Crippen LogP contribution < -0.4 is 0 Å². The molecule has 0 aliphatic carbocycles.